The molecular formula is C8H16N4. The van der Waals surface area contributed by atoms with Gasteiger partial charge < -0.3 is 11.1 Å². The monoisotopic (exact) mass is 168 g/mol. The molecule has 0 saturated carbocycles. The van der Waals surface area contributed by atoms with E-state index in [1.54, 1.807) is 4.68 Å². The molecule has 0 aliphatic rings. The van der Waals surface area contributed by atoms with Gasteiger partial charge in [-0.2, -0.15) is 5.10 Å². The zero-order valence-electron chi connectivity index (χ0n) is 7.78. The van der Waals surface area contributed by atoms with Gasteiger partial charge in [0.05, 0.1) is 0 Å². The molecule has 0 saturated heterocycles. The van der Waals surface area contributed by atoms with Crippen LogP contribution in [0.3, 0.4) is 0 Å². The molecule has 0 aromatic carbocycles. The first-order valence-corrected chi connectivity index (χ1v) is 4.11. The van der Waals surface area contributed by atoms with E-state index in [-0.39, 0.29) is 12.1 Å². The largest absolute Gasteiger partial charge is 0.365 e. The van der Waals surface area contributed by atoms with Crippen LogP contribution in [0.25, 0.3) is 0 Å². The van der Waals surface area contributed by atoms with Crippen LogP contribution in [0, 0.1) is 0 Å². The van der Waals surface area contributed by atoms with Crippen molar-refractivity contribution in [1.29, 1.82) is 0 Å². The third-order valence-corrected chi connectivity index (χ3v) is 1.88. The normalized spacial score (nSPS) is 15.7. The third kappa shape index (κ3) is 2.23. The molecule has 0 radical (unpaired) electrons. The van der Waals surface area contributed by atoms with E-state index in [2.05, 4.69) is 10.4 Å². The highest BCUT2D eigenvalue weighted by Crippen LogP contribution is 2.04. The first-order valence-electron chi connectivity index (χ1n) is 4.11. The summed E-state index contributed by atoms with van der Waals surface area (Å²) < 4.78 is 1.76. The van der Waals surface area contributed by atoms with Gasteiger partial charge in [-0.15, -0.1) is 0 Å². The molecule has 0 fully saturated rings. The Bertz CT molecular complexity index is 241. The fourth-order valence-corrected chi connectivity index (χ4v) is 0.857. The number of aromatic nitrogens is 2. The number of rotatable bonds is 3. The second-order valence-corrected chi connectivity index (χ2v) is 3.17. The molecule has 1 heterocycles. The minimum absolute atomic E-state index is 0.131. The van der Waals surface area contributed by atoms with Crippen LogP contribution >= 0.6 is 0 Å². The molecule has 12 heavy (non-hydrogen) atoms. The Hall–Kier alpha value is -1.03. The standard InChI is InChI=1S/C8H16N4/c1-6(9)7(2)10-8-4-5-12(3)11-8/h4-7H,9H2,1-3H3,(H,10,11). The lowest BCUT2D eigenvalue weighted by Crippen LogP contribution is -2.35. The quantitative estimate of drug-likeness (QED) is 0.693. The van der Waals surface area contributed by atoms with E-state index >= 15 is 0 Å². The van der Waals surface area contributed by atoms with Crippen molar-refractivity contribution in [3.05, 3.63) is 12.3 Å². The van der Waals surface area contributed by atoms with Crippen LogP contribution in [0.15, 0.2) is 12.3 Å². The molecule has 1 aromatic rings. The van der Waals surface area contributed by atoms with E-state index in [1.165, 1.54) is 0 Å². The third-order valence-electron chi connectivity index (χ3n) is 1.88. The second kappa shape index (κ2) is 3.58. The molecule has 0 aliphatic carbocycles. The Labute approximate surface area is 72.8 Å². The first-order chi connectivity index (χ1) is 5.59. The maximum atomic E-state index is 5.69. The van der Waals surface area contributed by atoms with E-state index in [4.69, 9.17) is 5.73 Å². The fraction of sp³-hybridized carbons (Fsp3) is 0.625. The van der Waals surface area contributed by atoms with Crippen LogP contribution in [-0.4, -0.2) is 21.9 Å². The summed E-state index contributed by atoms with van der Waals surface area (Å²) in [4.78, 5) is 0. The Balaban J connectivity index is 2.52. The van der Waals surface area contributed by atoms with Crippen LogP contribution < -0.4 is 11.1 Å². The summed E-state index contributed by atoms with van der Waals surface area (Å²) >= 11 is 0. The Morgan fingerprint density at radius 2 is 2.25 bits per heavy atom. The molecule has 0 amide bonds. The minimum Gasteiger partial charge on any atom is -0.365 e. The van der Waals surface area contributed by atoms with E-state index in [0.29, 0.717) is 0 Å². The van der Waals surface area contributed by atoms with E-state index < -0.39 is 0 Å². The summed E-state index contributed by atoms with van der Waals surface area (Å²) in [5.74, 6) is 0.877. The van der Waals surface area contributed by atoms with Gasteiger partial charge in [-0.3, -0.25) is 4.68 Å². The van der Waals surface area contributed by atoms with Gasteiger partial charge in [-0.05, 0) is 13.8 Å². The van der Waals surface area contributed by atoms with Crippen molar-refractivity contribution in [1.82, 2.24) is 9.78 Å². The van der Waals surface area contributed by atoms with E-state index in [0.717, 1.165) is 5.82 Å². The van der Waals surface area contributed by atoms with Gasteiger partial charge in [0.25, 0.3) is 0 Å². The molecule has 4 nitrogen and oxygen atoms in total. The van der Waals surface area contributed by atoms with Crippen LogP contribution in [0.2, 0.25) is 0 Å². The lowest BCUT2D eigenvalue weighted by molar-refractivity contribution is 0.633. The van der Waals surface area contributed by atoms with Crippen molar-refractivity contribution < 1.29 is 0 Å². The summed E-state index contributed by atoms with van der Waals surface area (Å²) in [6.45, 7) is 4.01. The van der Waals surface area contributed by atoms with E-state index in [1.807, 2.05) is 33.2 Å². The average Bonchev–Trinajstić information content (AvgIpc) is 2.35. The molecule has 2 atom stereocenters. The van der Waals surface area contributed by atoms with Crippen molar-refractivity contribution in [3.8, 4) is 0 Å². The summed E-state index contributed by atoms with van der Waals surface area (Å²) in [6.07, 6.45) is 1.90. The van der Waals surface area contributed by atoms with Gasteiger partial charge in [0.15, 0.2) is 0 Å². The molecule has 0 spiro atoms. The Morgan fingerprint density at radius 1 is 1.58 bits per heavy atom. The molecule has 0 bridgehead atoms. The van der Waals surface area contributed by atoms with Crippen molar-refractivity contribution in [2.24, 2.45) is 12.8 Å². The Morgan fingerprint density at radius 3 is 2.67 bits per heavy atom. The lowest BCUT2D eigenvalue weighted by atomic mass is 10.2. The summed E-state index contributed by atoms with van der Waals surface area (Å²) in [7, 11) is 1.89. The maximum absolute atomic E-state index is 5.69. The van der Waals surface area contributed by atoms with Crippen LogP contribution in [-0.2, 0) is 7.05 Å². The first kappa shape index (κ1) is 9.06. The predicted octanol–water partition coefficient (Wildman–Crippen LogP) is 0.568. The molecule has 3 N–H and O–H groups in total. The number of nitrogens with two attached hydrogens (primary N) is 1. The van der Waals surface area contributed by atoms with Gasteiger partial charge >= 0.3 is 0 Å². The molecule has 68 valence electrons. The van der Waals surface area contributed by atoms with Crippen LogP contribution in [0.1, 0.15) is 13.8 Å². The average molecular weight is 168 g/mol. The van der Waals surface area contributed by atoms with Gasteiger partial charge in [-0.1, -0.05) is 0 Å². The second-order valence-electron chi connectivity index (χ2n) is 3.17. The maximum Gasteiger partial charge on any atom is 0.148 e. The van der Waals surface area contributed by atoms with Crippen molar-refractivity contribution >= 4 is 5.82 Å². The van der Waals surface area contributed by atoms with Crippen LogP contribution in [0.4, 0.5) is 5.82 Å². The van der Waals surface area contributed by atoms with Gasteiger partial charge in [-0.25, -0.2) is 0 Å². The van der Waals surface area contributed by atoms with Crippen LogP contribution in [0.5, 0.6) is 0 Å². The number of nitrogens with one attached hydrogen (secondary N) is 1. The van der Waals surface area contributed by atoms with Crippen molar-refractivity contribution in [2.45, 2.75) is 25.9 Å². The highest BCUT2D eigenvalue weighted by molar-refractivity contribution is 5.33. The number of anilines is 1. The fourth-order valence-electron chi connectivity index (χ4n) is 0.857. The number of hydrogen-bond acceptors (Lipinski definition) is 3. The molecule has 1 rings (SSSR count). The SMILES string of the molecule is CC(N)C(C)Nc1ccn(C)n1. The molecule has 4 heteroatoms. The smallest absolute Gasteiger partial charge is 0.148 e. The van der Waals surface area contributed by atoms with Gasteiger partial charge in [0.1, 0.15) is 5.82 Å². The minimum atomic E-state index is 0.131. The highest BCUT2D eigenvalue weighted by Gasteiger charge is 2.07. The predicted molar refractivity (Wildman–Crippen MR) is 49.9 cm³/mol. The summed E-state index contributed by atoms with van der Waals surface area (Å²) in [6, 6.07) is 2.31. The van der Waals surface area contributed by atoms with Gasteiger partial charge in [0.2, 0.25) is 0 Å². The van der Waals surface area contributed by atoms with Gasteiger partial charge in [0, 0.05) is 31.4 Å². The molecular weight excluding hydrogens is 152 g/mol. The number of aryl methyl sites for hydroxylation is 1. The van der Waals surface area contributed by atoms with Crippen molar-refractivity contribution in [2.75, 3.05) is 5.32 Å². The van der Waals surface area contributed by atoms with Crippen molar-refractivity contribution in [3.63, 3.8) is 0 Å². The topological polar surface area (TPSA) is 55.9 Å². The molecule has 1 aromatic heterocycles. The summed E-state index contributed by atoms with van der Waals surface area (Å²) in [5, 5.41) is 7.39. The Kier molecular flexibility index (Phi) is 2.70. The summed E-state index contributed by atoms with van der Waals surface area (Å²) in [5.41, 5.74) is 5.69. The lowest BCUT2D eigenvalue weighted by Gasteiger charge is -2.16. The highest BCUT2D eigenvalue weighted by atomic mass is 15.3. The zero-order chi connectivity index (χ0) is 9.14. The molecule has 0 aliphatic heterocycles. The molecule has 2 unspecified atom stereocenters. The number of nitrogens with zero attached hydrogens (tertiary/aromatic N) is 2. The number of hydrogen-bond donors (Lipinski definition) is 2. The zero-order valence-corrected chi connectivity index (χ0v) is 7.78. The van der Waals surface area contributed by atoms with E-state index in [9.17, 15) is 0 Å².